The monoisotopic (exact) mass is 242 g/mol. The smallest absolute Gasteiger partial charge is 0.371 e. The molecule has 0 unspecified atom stereocenters. The molecule has 0 heterocycles. The van der Waals surface area contributed by atoms with Gasteiger partial charge >= 0.3 is 6.18 Å². The van der Waals surface area contributed by atoms with Crippen LogP contribution in [0.5, 0.6) is 0 Å². The van der Waals surface area contributed by atoms with Crippen molar-refractivity contribution in [2.24, 2.45) is 5.73 Å². The number of nitrogens with two attached hydrogens (primary N) is 1. The molecule has 0 rings (SSSR count). The van der Waals surface area contributed by atoms with Gasteiger partial charge in [0.15, 0.2) is 0 Å². The Hall–Kier alpha value is -0.330. The fourth-order valence-corrected chi connectivity index (χ4v) is 1.29. The van der Waals surface area contributed by atoms with Crippen LogP contribution in [0.2, 0.25) is 0 Å². The molecular weight excluding hydrogens is 221 g/mol. The van der Waals surface area contributed by atoms with Crippen molar-refractivity contribution in [1.82, 2.24) is 4.90 Å². The standard InChI is InChI=1S/C10H21F3N2O/c1-9(2)15(5-3-4-14)6-7-16-8-10(11,12)13/h9H,3-8,14H2,1-2H3. The molecule has 0 aromatic heterocycles. The van der Waals surface area contributed by atoms with Crippen LogP contribution in [0, 0.1) is 0 Å². The predicted octanol–water partition coefficient (Wildman–Crippen LogP) is 1.62. The zero-order valence-corrected chi connectivity index (χ0v) is 9.89. The summed E-state index contributed by atoms with van der Waals surface area (Å²) in [5, 5.41) is 0. The summed E-state index contributed by atoms with van der Waals surface area (Å²) in [6.07, 6.45) is -3.39. The molecule has 0 aliphatic carbocycles. The Morgan fingerprint density at radius 2 is 1.88 bits per heavy atom. The first-order chi connectivity index (χ1) is 7.37. The molecule has 0 spiro atoms. The van der Waals surface area contributed by atoms with Gasteiger partial charge in [0.05, 0.1) is 6.61 Å². The second kappa shape index (κ2) is 7.86. The van der Waals surface area contributed by atoms with Gasteiger partial charge in [0, 0.05) is 12.6 Å². The molecule has 0 saturated heterocycles. The van der Waals surface area contributed by atoms with Crippen molar-refractivity contribution in [1.29, 1.82) is 0 Å². The summed E-state index contributed by atoms with van der Waals surface area (Å²) in [5.74, 6) is 0. The average molecular weight is 242 g/mol. The van der Waals surface area contributed by atoms with Gasteiger partial charge in [-0.3, -0.25) is 4.90 Å². The molecule has 0 atom stereocenters. The van der Waals surface area contributed by atoms with E-state index in [-0.39, 0.29) is 6.61 Å². The maximum Gasteiger partial charge on any atom is 0.411 e. The van der Waals surface area contributed by atoms with Gasteiger partial charge < -0.3 is 10.5 Å². The SMILES string of the molecule is CC(C)N(CCCN)CCOCC(F)(F)F. The Morgan fingerprint density at radius 1 is 1.25 bits per heavy atom. The largest absolute Gasteiger partial charge is 0.411 e. The van der Waals surface area contributed by atoms with Gasteiger partial charge in [-0.05, 0) is 33.4 Å². The van der Waals surface area contributed by atoms with E-state index in [0.717, 1.165) is 13.0 Å². The summed E-state index contributed by atoms with van der Waals surface area (Å²) in [5.41, 5.74) is 5.38. The highest BCUT2D eigenvalue weighted by molar-refractivity contribution is 4.62. The second-order valence-electron chi connectivity index (χ2n) is 3.94. The first kappa shape index (κ1) is 15.7. The summed E-state index contributed by atoms with van der Waals surface area (Å²) in [6, 6.07) is 0.293. The predicted molar refractivity (Wildman–Crippen MR) is 57.3 cm³/mol. The molecule has 0 aromatic rings. The third-order valence-electron chi connectivity index (χ3n) is 2.17. The number of alkyl halides is 3. The summed E-state index contributed by atoms with van der Waals surface area (Å²) < 4.78 is 39.9. The van der Waals surface area contributed by atoms with Crippen LogP contribution in [0.25, 0.3) is 0 Å². The highest BCUT2D eigenvalue weighted by Gasteiger charge is 2.27. The first-order valence-corrected chi connectivity index (χ1v) is 5.45. The molecule has 16 heavy (non-hydrogen) atoms. The third kappa shape index (κ3) is 8.94. The van der Waals surface area contributed by atoms with Gasteiger partial charge in [0.1, 0.15) is 6.61 Å². The molecule has 3 nitrogen and oxygen atoms in total. The maximum absolute atomic E-state index is 11.8. The lowest BCUT2D eigenvalue weighted by atomic mass is 10.3. The fourth-order valence-electron chi connectivity index (χ4n) is 1.29. The number of rotatable bonds is 8. The fraction of sp³-hybridized carbons (Fsp3) is 1.00. The van der Waals surface area contributed by atoms with E-state index in [9.17, 15) is 13.2 Å². The van der Waals surface area contributed by atoms with Gasteiger partial charge in [-0.2, -0.15) is 13.2 Å². The number of hydrogen-bond donors (Lipinski definition) is 1. The normalized spacial score (nSPS) is 12.8. The molecule has 0 radical (unpaired) electrons. The summed E-state index contributed by atoms with van der Waals surface area (Å²) in [6.45, 7) is 4.82. The van der Waals surface area contributed by atoms with Crippen molar-refractivity contribution in [2.45, 2.75) is 32.5 Å². The molecule has 98 valence electrons. The van der Waals surface area contributed by atoms with Crippen molar-refractivity contribution < 1.29 is 17.9 Å². The first-order valence-electron chi connectivity index (χ1n) is 5.45. The van der Waals surface area contributed by atoms with Crippen LogP contribution in [0.1, 0.15) is 20.3 Å². The number of ether oxygens (including phenoxy) is 1. The van der Waals surface area contributed by atoms with Crippen LogP contribution < -0.4 is 5.73 Å². The third-order valence-corrected chi connectivity index (χ3v) is 2.17. The quantitative estimate of drug-likeness (QED) is 0.657. The van der Waals surface area contributed by atoms with Crippen molar-refractivity contribution in [3.05, 3.63) is 0 Å². The molecule has 0 amide bonds. The summed E-state index contributed by atoms with van der Waals surface area (Å²) in [7, 11) is 0. The molecule has 0 bridgehead atoms. The van der Waals surface area contributed by atoms with Crippen LogP contribution >= 0.6 is 0 Å². The molecule has 0 aliphatic rings. The van der Waals surface area contributed by atoms with E-state index >= 15 is 0 Å². The van der Waals surface area contributed by atoms with Crippen LogP contribution in [0.15, 0.2) is 0 Å². The van der Waals surface area contributed by atoms with Crippen LogP contribution in [0.4, 0.5) is 13.2 Å². The van der Waals surface area contributed by atoms with E-state index in [1.807, 2.05) is 13.8 Å². The van der Waals surface area contributed by atoms with Crippen LogP contribution in [-0.2, 0) is 4.74 Å². The Morgan fingerprint density at radius 3 is 2.31 bits per heavy atom. The highest BCUT2D eigenvalue weighted by atomic mass is 19.4. The van der Waals surface area contributed by atoms with Gasteiger partial charge in [-0.1, -0.05) is 0 Å². The summed E-state index contributed by atoms with van der Waals surface area (Å²) >= 11 is 0. The Balaban J connectivity index is 3.68. The van der Waals surface area contributed by atoms with E-state index < -0.39 is 12.8 Å². The Kier molecular flexibility index (Phi) is 7.70. The zero-order chi connectivity index (χ0) is 12.6. The number of halogens is 3. The van der Waals surface area contributed by atoms with E-state index in [1.165, 1.54) is 0 Å². The minimum atomic E-state index is -4.24. The number of hydrogen-bond acceptors (Lipinski definition) is 3. The molecule has 0 fully saturated rings. The molecular formula is C10H21F3N2O. The van der Waals surface area contributed by atoms with E-state index in [4.69, 9.17) is 5.73 Å². The molecule has 0 saturated carbocycles. The van der Waals surface area contributed by atoms with E-state index in [1.54, 1.807) is 0 Å². The van der Waals surface area contributed by atoms with Gasteiger partial charge in [-0.25, -0.2) is 0 Å². The Labute approximate surface area is 94.7 Å². The lowest BCUT2D eigenvalue weighted by Crippen LogP contribution is -2.36. The molecule has 0 aromatic carbocycles. The second-order valence-corrected chi connectivity index (χ2v) is 3.94. The average Bonchev–Trinajstić information content (AvgIpc) is 2.14. The molecule has 0 aliphatic heterocycles. The van der Waals surface area contributed by atoms with Gasteiger partial charge in [0.2, 0.25) is 0 Å². The van der Waals surface area contributed by atoms with Crippen molar-refractivity contribution >= 4 is 0 Å². The minimum absolute atomic E-state index is 0.0995. The van der Waals surface area contributed by atoms with E-state index in [0.29, 0.717) is 19.1 Å². The van der Waals surface area contributed by atoms with Gasteiger partial charge in [-0.15, -0.1) is 0 Å². The van der Waals surface area contributed by atoms with Crippen molar-refractivity contribution in [2.75, 3.05) is 32.8 Å². The van der Waals surface area contributed by atoms with Crippen LogP contribution in [0.3, 0.4) is 0 Å². The van der Waals surface area contributed by atoms with Gasteiger partial charge in [0.25, 0.3) is 0 Å². The topological polar surface area (TPSA) is 38.5 Å². The molecule has 2 N–H and O–H groups in total. The maximum atomic E-state index is 11.8. The zero-order valence-electron chi connectivity index (χ0n) is 9.89. The lowest BCUT2D eigenvalue weighted by Gasteiger charge is -2.26. The van der Waals surface area contributed by atoms with Crippen molar-refractivity contribution in [3.63, 3.8) is 0 Å². The van der Waals surface area contributed by atoms with Crippen molar-refractivity contribution in [3.8, 4) is 0 Å². The highest BCUT2D eigenvalue weighted by Crippen LogP contribution is 2.14. The Bertz CT molecular complexity index is 174. The lowest BCUT2D eigenvalue weighted by molar-refractivity contribution is -0.174. The number of nitrogens with zero attached hydrogens (tertiary/aromatic N) is 1. The molecule has 6 heteroatoms. The summed E-state index contributed by atoms with van der Waals surface area (Å²) in [4.78, 5) is 2.06. The van der Waals surface area contributed by atoms with Crippen LogP contribution in [-0.4, -0.2) is 50.0 Å². The van der Waals surface area contributed by atoms with E-state index in [2.05, 4.69) is 9.64 Å². The minimum Gasteiger partial charge on any atom is -0.371 e.